The Morgan fingerprint density at radius 3 is 2.54 bits per heavy atom. The van der Waals surface area contributed by atoms with Gasteiger partial charge in [-0.25, -0.2) is 0 Å². The molecule has 126 valence electrons. The molecule has 0 aliphatic carbocycles. The van der Waals surface area contributed by atoms with Crippen molar-refractivity contribution < 1.29 is 13.9 Å². The normalized spacial score (nSPS) is 11.7. The van der Waals surface area contributed by atoms with E-state index in [9.17, 15) is 19.1 Å². The topological polar surface area (TPSA) is 115 Å². The Morgan fingerprint density at radius 1 is 1.25 bits per heavy atom. The minimum absolute atomic E-state index is 0.00383. The first-order chi connectivity index (χ1) is 11.4. The number of hydrogen-bond acceptors (Lipinski definition) is 5. The molecule has 0 aliphatic rings. The Morgan fingerprint density at radius 2 is 1.92 bits per heavy atom. The number of carbonyl (C=O) groups is 1. The van der Waals surface area contributed by atoms with Crippen LogP contribution in [0.3, 0.4) is 0 Å². The van der Waals surface area contributed by atoms with Crippen LogP contribution in [-0.2, 0) is 10.8 Å². The largest absolute Gasteiger partial charge is 0.399 e. The highest BCUT2D eigenvalue weighted by Gasteiger charge is 2.15. The van der Waals surface area contributed by atoms with Gasteiger partial charge in [0, 0.05) is 35.0 Å². The Balaban J connectivity index is 1.96. The third-order valence-corrected chi connectivity index (χ3v) is 4.82. The van der Waals surface area contributed by atoms with Crippen LogP contribution in [0.1, 0.15) is 10.4 Å². The molecule has 0 fully saturated rings. The van der Waals surface area contributed by atoms with Crippen LogP contribution >= 0.6 is 11.6 Å². The minimum Gasteiger partial charge on any atom is -0.399 e. The van der Waals surface area contributed by atoms with Crippen molar-refractivity contribution >= 4 is 39.7 Å². The number of nitrogens with zero attached hydrogens (tertiary/aromatic N) is 1. The molecule has 0 aliphatic heterocycles. The summed E-state index contributed by atoms with van der Waals surface area (Å²) in [4.78, 5) is 22.8. The molecule has 9 heteroatoms. The van der Waals surface area contributed by atoms with Crippen molar-refractivity contribution in [1.82, 2.24) is 5.32 Å². The summed E-state index contributed by atoms with van der Waals surface area (Å²) in [6.45, 7) is 0.134. The number of benzene rings is 2. The van der Waals surface area contributed by atoms with E-state index in [0.29, 0.717) is 10.6 Å². The summed E-state index contributed by atoms with van der Waals surface area (Å²) >= 11 is 5.89. The van der Waals surface area contributed by atoms with Gasteiger partial charge in [0.1, 0.15) is 0 Å². The monoisotopic (exact) mass is 367 g/mol. The molecule has 2 aromatic rings. The van der Waals surface area contributed by atoms with Crippen molar-refractivity contribution in [3.05, 3.63) is 63.2 Å². The second kappa shape index (κ2) is 7.89. The SMILES string of the molecule is Nc1ccc(S(=O)CCNC(=O)c2cc([N+](=O)[O-])ccc2Cl)cc1. The lowest BCUT2D eigenvalue weighted by atomic mass is 10.2. The van der Waals surface area contributed by atoms with E-state index < -0.39 is 21.6 Å². The molecule has 24 heavy (non-hydrogen) atoms. The number of nitrogens with one attached hydrogen (secondary N) is 1. The van der Waals surface area contributed by atoms with E-state index in [-0.39, 0.29) is 28.6 Å². The van der Waals surface area contributed by atoms with Crippen LogP contribution in [0.25, 0.3) is 0 Å². The molecule has 0 radical (unpaired) electrons. The average molecular weight is 368 g/mol. The number of hydrogen-bond donors (Lipinski definition) is 2. The molecule has 1 amide bonds. The van der Waals surface area contributed by atoms with E-state index >= 15 is 0 Å². The molecular weight excluding hydrogens is 354 g/mol. The smallest absolute Gasteiger partial charge is 0.270 e. The molecule has 2 rings (SSSR count). The van der Waals surface area contributed by atoms with Gasteiger partial charge in [0.05, 0.1) is 26.3 Å². The van der Waals surface area contributed by atoms with E-state index in [1.165, 1.54) is 12.1 Å². The molecule has 7 nitrogen and oxygen atoms in total. The summed E-state index contributed by atoms with van der Waals surface area (Å²) in [6, 6.07) is 10.2. The fourth-order valence-electron chi connectivity index (χ4n) is 1.89. The highest BCUT2D eigenvalue weighted by Crippen LogP contribution is 2.21. The third kappa shape index (κ3) is 4.53. The first kappa shape index (κ1) is 17.9. The molecular formula is C15H14ClN3O4S. The number of nitrogens with two attached hydrogens (primary N) is 1. The van der Waals surface area contributed by atoms with E-state index in [4.69, 9.17) is 17.3 Å². The van der Waals surface area contributed by atoms with E-state index in [1.807, 2.05) is 0 Å². The lowest BCUT2D eigenvalue weighted by Gasteiger charge is -2.07. The van der Waals surface area contributed by atoms with Gasteiger partial charge in [-0.15, -0.1) is 0 Å². The molecule has 0 aromatic heterocycles. The van der Waals surface area contributed by atoms with E-state index in [0.717, 1.165) is 6.07 Å². The first-order valence-corrected chi connectivity index (χ1v) is 8.54. The summed E-state index contributed by atoms with van der Waals surface area (Å²) in [5.41, 5.74) is 5.91. The maximum absolute atomic E-state index is 12.1. The molecule has 0 bridgehead atoms. The zero-order valence-corrected chi connectivity index (χ0v) is 14.0. The predicted octanol–water partition coefficient (Wildman–Crippen LogP) is 2.37. The Kier molecular flexibility index (Phi) is 5.88. The van der Waals surface area contributed by atoms with Crippen molar-refractivity contribution in [2.45, 2.75) is 4.90 Å². The van der Waals surface area contributed by atoms with Gasteiger partial charge in [-0.1, -0.05) is 11.6 Å². The van der Waals surface area contributed by atoms with Crippen LogP contribution in [0.2, 0.25) is 5.02 Å². The fraction of sp³-hybridized carbons (Fsp3) is 0.133. The average Bonchev–Trinajstić information content (AvgIpc) is 2.55. The van der Waals surface area contributed by atoms with Crippen LogP contribution in [-0.4, -0.2) is 27.3 Å². The molecule has 1 unspecified atom stereocenters. The van der Waals surface area contributed by atoms with Crippen molar-refractivity contribution in [2.24, 2.45) is 0 Å². The molecule has 2 aromatic carbocycles. The number of nitro benzene ring substituents is 1. The maximum atomic E-state index is 12.1. The molecule has 0 spiro atoms. The van der Waals surface area contributed by atoms with Crippen molar-refractivity contribution in [3.63, 3.8) is 0 Å². The second-order valence-corrected chi connectivity index (χ2v) is 6.77. The predicted molar refractivity (Wildman–Crippen MR) is 92.6 cm³/mol. The van der Waals surface area contributed by atoms with Gasteiger partial charge in [0.25, 0.3) is 11.6 Å². The second-order valence-electron chi connectivity index (χ2n) is 4.80. The number of non-ortho nitro benzene ring substituents is 1. The van der Waals surface area contributed by atoms with Crippen LogP contribution in [0.15, 0.2) is 47.4 Å². The van der Waals surface area contributed by atoms with E-state index in [2.05, 4.69) is 5.32 Å². The van der Waals surface area contributed by atoms with Gasteiger partial charge < -0.3 is 11.1 Å². The third-order valence-electron chi connectivity index (χ3n) is 3.12. The summed E-state index contributed by atoms with van der Waals surface area (Å²) < 4.78 is 12.1. The number of rotatable bonds is 6. The van der Waals surface area contributed by atoms with Crippen molar-refractivity contribution in [3.8, 4) is 0 Å². The minimum atomic E-state index is -1.29. The fourth-order valence-corrected chi connectivity index (χ4v) is 3.06. The molecule has 0 heterocycles. The highest BCUT2D eigenvalue weighted by molar-refractivity contribution is 7.85. The van der Waals surface area contributed by atoms with Crippen LogP contribution in [0, 0.1) is 10.1 Å². The van der Waals surface area contributed by atoms with Gasteiger partial charge in [-0.3, -0.25) is 19.1 Å². The summed E-state index contributed by atoms with van der Waals surface area (Å²) in [6.07, 6.45) is 0. The lowest BCUT2D eigenvalue weighted by Crippen LogP contribution is -2.28. The van der Waals surface area contributed by atoms with Crippen molar-refractivity contribution in [2.75, 3.05) is 18.0 Å². The number of carbonyl (C=O) groups excluding carboxylic acids is 1. The number of halogens is 1. The quantitative estimate of drug-likeness (QED) is 0.462. The number of nitro groups is 1. The zero-order chi connectivity index (χ0) is 17.7. The maximum Gasteiger partial charge on any atom is 0.270 e. The number of nitrogen functional groups attached to an aromatic ring is 1. The highest BCUT2D eigenvalue weighted by atomic mass is 35.5. The first-order valence-electron chi connectivity index (χ1n) is 6.84. The molecule has 3 N–H and O–H groups in total. The van der Waals surface area contributed by atoms with E-state index in [1.54, 1.807) is 24.3 Å². The number of anilines is 1. The summed E-state index contributed by atoms with van der Waals surface area (Å²) in [5, 5.41) is 13.4. The Labute approximate surface area is 145 Å². The Bertz CT molecular complexity index is 796. The van der Waals surface area contributed by atoms with Crippen molar-refractivity contribution in [1.29, 1.82) is 0 Å². The Hall–Kier alpha value is -2.45. The van der Waals surface area contributed by atoms with Gasteiger partial charge >= 0.3 is 0 Å². The number of amides is 1. The molecule has 1 atom stereocenters. The van der Waals surface area contributed by atoms with Gasteiger partial charge in [0.2, 0.25) is 0 Å². The van der Waals surface area contributed by atoms with Crippen LogP contribution in [0.4, 0.5) is 11.4 Å². The van der Waals surface area contributed by atoms with Crippen LogP contribution < -0.4 is 11.1 Å². The van der Waals surface area contributed by atoms with Gasteiger partial charge in [-0.2, -0.15) is 0 Å². The summed E-state index contributed by atoms with van der Waals surface area (Å²) in [5.74, 6) is -0.361. The molecule has 0 saturated carbocycles. The van der Waals surface area contributed by atoms with Gasteiger partial charge in [-0.05, 0) is 30.3 Å². The zero-order valence-electron chi connectivity index (χ0n) is 12.4. The van der Waals surface area contributed by atoms with Gasteiger partial charge in [0.15, 0.2) is 0 Å². The standard InChI is InChI=1S/C15H14ClN3O4S/c16-14-6-3-11(19(21)22)9-13(14)15(20)18-7-8-24(23)12-4-1-10(17)2-5-12/h1-6,9H,7-8,17H2,(H,18,20). The van der Waals surface area contributed by atoms with Crippen LogP contribution in [0.5, 0.6) is 0 Å². The summed E-state index contributed by atoms with van der Waals surface area (Å²) in [7, 11) is -1.29. The molecule has 0 saturated heterocycles. The lowest BCUT2D eigenvalue weighted by molar-refractivity contribution is -0.384.